The van der Waals surface area contributed by atoms with E-state index in [2.05, 4.69) is 10.3 Å². The van der Waals surface area contributed by atoms with Gasteiger partial charge >= 0.3 is 5.69 Å². The Kier molecular flexibility index (Phi) is 3.48. The highest BCUT2D eigenvalue weighted by atomic mass is 35.5. The zero-order valence-corrected chi connectivity index (χ0v) is 10.5. The average Bonchev–Trinajstić information content (AvgIpc) is 2.75. The van der Waals surface area contributed by atoms with Crippen LogP contribution in [0.25, 0.3) is 0 Å². The van der Waals surface area contributed by atoms with Crippen LogP contribution < -0.4 is 5.32 Å². The van der Waals surface area contributed by atoms with Crippen LogP contribution in [0.4, 0.5) is 11.5 Å². The van der Waals surface area contributed by atoms with E-state index in [1.807, 2.05) is 0 Å². The number of pyridine rings is 1. The zero-order chi connectivity index (χ0) is 14.0. The molecule has 0 unspecified atom stereocenters. The number of aromatic nitrogens is 1. The lowest BCUT2D eigenvalue weighted by atomic mass is 10.2. The Bertz CT molecular complexity index is 653. The molecule has 2 aromatic heterocycles. The second-order valence-corrected chi connectivity index (χ2v) is 4.03. The normalized spacial score (nSPS) is 10.2. The Balaban J connectivity index is 2.33. The molecule has 0 aliphatic heterocycles. The fourth-order valence-corrected chi connectivity index (χ4v) is 1.58. The topological polar surface area (TPSA) is 98.3 Å². The van der Waals surface area contributed by atoms with Gasteiger partial charge in [-0.2, -0.15) is 0 Å². The molecule has 98 valence electrons. The van der Waals surface area contributed by atoms with Gasteiger partial charge in [0.1, 0.15) is 5.15 Å². The van der Waals surface area contributed by atoms with Crippen molar-refractivity contribution in [2.45, 2.75) is 6.92 Å². The summed E-state index contributed by atoms with van der Waals surface area (Å²) in [7, 11) is 0. The quantitative estimate of drug-likeness (QED) is 0.530. The van der Waals surface area contributed by atoms with E-state index in [-0.39, 0.29) is 22.4 Å². The number of carbonyl (C=O) groups excluding carboxylic acids is 1. The Morgan fingerprint density at radius 3 is 2.79 bits per heavy atom. The predicted octanol–water partition coefficient (Wildman–Crippen LogP) is 2.80. The van der Waals surface area contributed by atoms with Gasteiger partial charge in [-0.05, 0) is 19.1 Å². The molecule has 8 heteroatoms. The number of aryl methyl sites for hydroxylation is 1. The van der Waals surface area contributed by atoms with Crippen LogP contribution in [0.5, 0.6) is 0 Å². The third-order valence-electron chi connectivity index (χ3n) is 2.34. The third-order valence-corrected chi connectivity index (χ3v) is 2.55. The van der Waals surface area contributed by atoms with Crippen molar-refractivity contribution in [1.82, 2.24) is 4.98 Å². The minimum absolute atomic E-state index is 0.0390. The average molecular weight is 282 g/mol. The number of halogens is 1. The molecule has 0 aliphatic carbocycles. The molecule has 0 aromatic carbocycles. The van der Waals surface area contributed by atoms with E-state index in [9.17, 15) is 14.9 Å². The van der Waals surface area contributed by atoms with Crippen LogP contribution in [0, 0.1) is 17.0 Å². The molecule has 2 aromatic rings. The number of nitro groups is 1. The van der Waals surface area contributed by atoms with Crippen molar-refractivity contribution >= 4 is 29.0 Å². The number of carbonyl (C=O) groups is 1. The second-order valence-electron chi connectivity index (χ2n) is 3.65. The molecule has 0 atom stereocenters. The maximum atomic E-state index is 11.9. The fraction of sp³-hybridized carbons (Fsp3) is 0.0909. The maximum Gasteiger partial charge on any atom is 0.311 e. The minimum Gasteiger partial charge on any atom is -0.459 e. The van der Waals surface area contributed by atoms with Crippen molar-refractivity contribution in [3.63, 3.8) is 0 Å². The monoisotopic (exact) mass is 281 g/mol. The number of nitrogens with one attached hydrogen (secondary N) is 1. The number of anilines is 1. The van der Waals surface area contributed by atoms with Crippen molar-refractivity contribution < 1.29 is 14.1 Å². The summed E-state index contributed by atoms with van der Waals surface area (Å²) in [5, 5.41) is 13.2. The summed E-state index contributed by atoms with van der Waals surface area (Å²) in [4.78, 5) is 25.8. The summed E-state index contributed by atoms with van der Waals surface area (Å²) in [6, 6.07) is 4.04. The van der Waals surface area contributed by atoms with Crippen LogP contribution in [-0.4, -0.2) is 15.8 Å². The summed E-state index contributed by atoms with van der Waals surface area (Å²) in [5.74, 6) is -0.783. The Hall–Kier alpha value is -2.41. The first-order valence-corrected chi connectivity index (χ1v) is 5.53. The van der Waals surface area contributed by atoms with E-state index in [1.54, 1.807) is 13.0 Å². The zero-order valence-electron chi connectivity index (χ0n) is 9.71. The smallest absolute Gasteiger partial charge is 0.311 e. The Morgan fingerprint density at radius 2 is 2.21 bits per heavy atom. The number of nitrogens with zero attached hydrogens (tertiary/aromatic N) is 2. The standard InChI is InChI=1S/C11H8ClN3O4/c1-6-4-5-19-9(6)11(16)14-10-7(15(17)18)2-3-8(12)13-10/h2-5H,1H3,(H,13,14,16). The van der Waals surface area contributed by atoms with Crippen LogP contribution >= 0.6 is 11.6 Å². The van der Waals surface area contributed by atoms with Crippen LogP contribution in [0.3, 0.4) is 0 Å². The van der Waals surface area contributed by atoms with Crippen molar-refractivity contribution in [1.29, 1.82) is 0 Å². The molecule has 19 heavy (non-hydrogen) atoms. The first-order valence-electron chi connectivity index (χ1n) is 5.15. The van der Waals surface area contributed by atoms with E-state index in [1.165, 1.54) is 18.4 Å². The highest BCUT2D eigenvalue weighted by Gasteiger charge is 2.20. The Labute approximate surface area is 112 Å². The van der Waals surface area contributed by atoms with E-state index in [4.69, 9.17) is 16.0 Å². The SMILES string of the molecule is Cc1ccoc1C(=O)Nc1nc(Cl)ccc1[N+](=O)[O-]. The van der Waals surface area contributed by atoms with E-state index < -0.39 is 10.8 Å². The molecule has 0 radical (unpaired) electrons. The summed E-state index contributed by atoms with van der Waals surface area (Å²) >= 11 is 5.65. The number of furan rings is 1. The van der Waals surface area contributed by atoms with Gasteiger partial charge in [-0.15, -0.1) is 0 Å². The number of hydrogen-bond donors (Lipinski definition) is 1. The molecule has 0 spiro atoms. The summed E-state index contributed by atoms with van der Waals surface area (Å²) in [6.45, 7) is 1.68. The third kappa shape index (κ3) is 2.71. The van der Waals surface area contributed by atoms with Crippen LogP contribution in [-0.2, 0) is 0 Å². The van der Waals surface area contributed by atoms with Gasteiger partial charge in [-0.25, -0.2) is 4.98 Å². The molecule has 0 bridgehead atoms. The first kappa shape index (κ1) is 13.0. The van der Waals surface area contributed by atoms with Crippen LogP contribution in [0.1, 0.15) is 16.1 Å². The molecular weight excluding hydrogens is 274 g/mol. The van der Waals surface area contributed by atoms with Gasteiger partial charge in [-0.1, -0.05) is 11.6 Å². The predicted molar refractivity (Wildman–Crippen MR) is 67.3 cm³/mol. The molecule has 0 aliphatic rings. The molecule has 0 fully saturated rings. The van der Waals surface area contributed by atoms with Gasteiger partial charge in [0.25, 0.3) is 5.91 Å². The van der Waals surface area contributed by atoms with Crippen molar-refractivity contribution in [3.8, 4) is 0 Å². The lowest BCUT2D eigenvalue weighted by Gasteiger charge is -2.04. The van der Waals surface area contributed by atoms with E-state index in [0.717, 1.165) is 0 Å². The minimum atomic E-state index is -0.659. The fourth-order valence-electron chi connectivity index (χ4n) is 1.44. The Morgan fingerprint density at radius 1 is 1.47 bits per heavy atom. The highest BCUT2D eigenvalue weighted by molar-refractivity contribution is 6.29. The van der Waals surface area contributed by atoms with Gasteiger partial charge in [-0.3, -0.25) is 20.2 Å². The number of hydrogen-bond acceptors (Lipinski definition) is 5. The molecule has 7 nitrogen and oxygen atoms in total. The van der Waals surface area contributed by atoms with Gasteiger partial charge in [0.05, 0.1) is 11.2 Å². The van der Waals surface area contributed by atoms with Crippen molar-refractivity contribution in [3.05, 3.63) is 51.1 Å². The molecule has 1 N–H and O–H groups in total. The lowest BCUT2D eigenvalue weighted by molar-refractivity contribution is -0.384. The molecule has 1 amide bonds. The van der Waals surface area contributed by atoms with Crippen molar-refractivity contribution in [2.24, 2.45) is 0 Å². The molecule has 2 heterocycles. The molecular formula is C11H8ClN3O4. The van der Waals surface area contributed by atoms with Gasteiger partial charge in [0, 0.05) is 11.6 Å². The van der Waals surface area contributed by atoms with Crippen LogP contribution in [0.2, 0.25) is 5.15 Å². The molecule has 0 saturated carbocycles. The van der Waals surface area contributed by atoms with E-state index in [0.29, 0.717) is 5.56 Å². The summed E-state index contributed by atoms with van der Waals surface area (Å²) < 4.78 is 4.99. The van der Waals surface area contributed by atoms with E-state index >= 15 is 0 Å². The highest BCUT2D eigenvalue weighted by Crippen LogP contribution is 2.24. The summed E-state index contributed by atoms with van der Waals surface area (Å²) in [6.07, 6.45) is 1.35. The molecule has 0 saturated heterocycles. The van der Waals surface area contributed by atoms with Gasteiger partial charge < -0.3 is 4.42 Å². The number of rotatable bonds is 3. The lowest BCUT2D eigenvalue weighted by Crippen LogP contribution is -2.14. The van der Waals surface area contributed by atoms with Gasteiger partial charge in [0.15, 0.2) is 5.76 Å². The first-order chi connectivity index (χ1) is 8.99. The largest absolute Gasteiger partial charge is 0.459 e. The van der Waals surface area contributed by atoms with Gasteiger partial charge in [0.2, 0.25) is 5.82 Å². The van der Waals surface area contributed by atoms with Crippen molar-refractivity contribution in [2.75, 3.05) is 5.32 Å². The maximum absolute atomic E-state index is 11.9. The number of amides is 1. The molecule has 2 rings (SSSR count). The van der Waals surface area contributed by atoms with Crippen LogP contribution in [0.15, 0.2) is 28.9 Å². The summed E-state index contributed by atoms with van der Waals surface area (Å²) in [5.41, 5.74) is 0.268. The second kappa shape index (κ2) is 5.07.